The second-order valence-corrected chi connectivity index (χ2v) is 8.43. The minimum atomic E-state index is -3.68. The molecule has 1 N–H and O–H groups in total. The highest BCUT2D eigenvalue weighted by Gasteiger charge is 2.27. The smallest absolute Gasteiger partial charge is 0.234 e. The van der Waals surface area contributed by atoms with Crippen molar-refractivity contribution >= 4 is 27.7 Å². The van der Waals surface area contributed by atoms with Crippen molar-refractivity contribution in [3.05, 3.63) is 64.0 Å². The molecule has 0 radical (unpaired) electrons. The SMILES string of the molecule is CC(C)(NS(=O)(=O)/C=C/c1ccccc1Cl)c1ccc2c(c1)OCCO2. The summed E-state index contributed by atoms with van der Waals surface area (Å²) in [5.74, 6) is 1.28. The van der Waals surface area contributed by atoms with Crippen molar-refractivity contribution in [3.8, 4) is 11.5 Å². The van der Waals surface area contributed by atoms with Crippen LogP contribution in [-0.2, 0) is 15.6 Å². The van der Waals surface area contributed by atoms with Crippen molar-refractivity contribution in [2.75, 3.05) is 13.2 Å². The number of hydrogen-bond acceptors (Lipinski definition) is 4. The Hall–Kier alpha value is -2.02. The summed E-state index contributed by atoms with van der Waals surface area (Å²) in [5, 5.41) is 1.61. The first-order chi connectivity index (χ1) is 12.3. The molecule has 2 aromatic rings. The van der Waals surface area contributed by atoms with E-state index in [2.05, 4.69) is 4.72 Å². The van der Waals surface area contributed by atoms with Gasteiger partial charge >= 0.3 is 0 Å². The topological polar surface area (TPSA) is 64.6 Å². The van der Waals surface area contributed by atoms with Crippen LogP contribution in [0.4, 0.5) is 0 Å². The van der Waals surface area contributed by atoms with Crippen molar-refractivity contribution in [1.82, 2.24) is 4.72 Å². The number of ether oxygens (including phenoxy) is 2. The average molecular weight is 394 g/mol. The summed E-state index contributed by atoms with van der Waals surface area (Å²) >= 11 is 6.06. The Morgan fingerprint density at radius 2 is 1.77 bits per heavy atom. The third kappa shape index (κ3) is 4.38. The summed E-state index contributed by atoms with van der Waals surface area (Å²) in [7, 11) is -3.68. The van der Waals surface area contributed by atoms with E-state index in [1.807, 2.05) is 6.07 Å². The van der Waals surface area contributed by atoms with E-state index in [1.54, 1.807) is 50.2 Å². The van der Waals surface area contributed by atoms with Gasteiger partial charge in [-0.2, -0.15) is 0 Å². The number of hydrogen-bond donors (Lipinski definition) is 1. The summed E-state index contributed by atoms with van der Waals surface area (Å²) in [6.07, 6.45) is 1.48. The molecule has 2 aromatic carbocycles. The molecule has 0 unspecified atom stereocenters. The Labute approximate surface area is 158 Å². The van der Waals surface area contributed by atoms with Crippen molar-refractivity contribution in [3.63, 3.8) is 0 Å². The van der Waals surface area contributed by atoms with Crippen LogP contribution in [0, 0.1) is 0 Å². The molecule has 1 aliphatic heterocycles. The van der Waals surface area contributed by atoms with Crippen LogP contribution in [0.3, 0.4) is 0 Å². The second-order valence-electron chi connectivity index (χ2n) is 6.45. The van der Waals surface area contributed by atoms with E-state index in [-0.39, 0.29) is 0 Å². The van der Waals surface area contributed by atoms with Gasteiger partial charge in [0.25, 0.3) is 0 Å². The van der Waals surface area contributed by atoms with E-state index in [0.29, 0.717) is 35.3 Å². The van der Waals surface area contributed by atoms with Crippen molar-refractivity contribution in [2.24, 2.45) is 0 Å². The van der Waals surface area contributed by atoms with E-state index in [9.17, 15) is 8.42 Å². The summed E-state index contributed by atoms with van der Waals surface area (Å²) in [4.78, 5) is 0. The van der Waals surface area contributed by atoms with Crippen LogP contribution in [0.25, 0.3) is 6.08 Å². The van der Waals surface area contributed by atoms with Gasteiger partial charge in [0.05, 0.1) is 5.54 Å². The number of halogens is 1. The number of fused-ring (bicyclic) bond motifs is 1. The number of sulfonamides is 1. The summed E-state index contributed by atoms with van der Waals surface area (Å²) in [5.41, 5.74) is 0.576. The monoisotopic (exact) mass is 393 g/mol. The fourth-order valence-corrected chi connectivity index (χ4v) is 4.08. The molecule has 0 spiro atoms. The van der Waals surface area contributed by atoms with Gasteiger partial charge in [0.15, 0.2) is 11.5 Å². The lowest BCUT2D eigenvalue weighted by molar-refractivity contribution is 0.171. The van der Waals surface area contributed by atoms with Crippen LogP contribution in [0.5, 0.6) is 11.5 Å². The molecule has 0 amide bonds. The first-order valence-corrected chi connectivity index (χ1v) is 10.1. The Balaban J connectivity index is 1.80. The van der Waals surface area contributed by atoms with Crippen LogP contribution < -0.4 is 14.2 Å². The van der Waals surface area contributed by atoms with Gasteiger partial charge in [0.2, 0.25) is 10.0 Å². The van der Waals surface area contributed by atoms with Gasteiger partial charge in [-0.15, -0.1) is 0 Å². The van der Waals surface area contributed by atoms with Crippen molar-refractivity contribution < 1.29 is 17.9 Å². The molecule has 0 saturated carbocycles. The lowest BCUT2D eigenvalue weighted by Gasteiger charge is -2.27. The quantitative estimate of drug-likeness (QED) is 0.835. The highest BCUT2D eigenvalue weighted by molar-refractivity contribution is 7.92. The Kier molecular flexibility index (Phi) is 5.27. The van der Waals surface area contributed by atoms with Gasteiger partial charge < -0.3 is 9.47 Å². The summed E-state index contributed by atoms with van der Waals surface area (Å²) < 4.78 is 38.8. The molecule has 0 fully saturated rings. The highest BCUT2D eigenvalue weighted by Crippen LogP contribution is 2.34. The molecule has 7 heteroatoms. The molecular formula is C19H20ClNO4S. The molecule has 5 nitrogen and oxygen atoms in total. The minimum Gasteiger partial charge on any atom is -0.486 e. The summed E-state index contributed by atoms with van der Waals surface area (Å²) in [6, 6.07) is 12.5. The van der Waals surface area contributed by atoms with Crippen LogP contribution in [0.1, 0.15) is 25.0 Å². The first-order valence-electron chi connectivity index (χ1n) is 8.14. The van der Waals surface area contributed by atoms with E-state index >= 15 is 0 Å². The van der Waals surface area contributed by atoms with Gasteiger partial charge in [-0.1, -0.05) is 35.9 Å². The average Bonchev–Trinajstić information content (AvgIpc) is 2.60. The van der Waals surface area contributed by atoms with Gasteiger partial charge in [-0.25, -0.2) is 13.1 Å². The molecule has 26 heavy (non-hydrogen) atoms. The number of rotatable bonds is 5. The van der Waals surface area contributed by atoms with Gasteiger partial charge in [-0.3, -0.25) is 0 Å². The number of benzene rings is 2. The Morgan fingerprint density at radius 1 is 1.08 bits per heavy atom. The predicted octanol–water partition coefficient (Wildman–Crippen LogP) is 3.94. The maximum Gasteiger partial charge on any atom is 0.234 e. The predicted molar refractivity (Wildman–Crippen MR) is 103 cm³/mol. The molecule has 138 valence electrons. The zero-order chi connectivity index (χ0) is 18.8. The van der Waals surface area contributed by atoms with E-state index in [1.165, 1.54) is 6.08 Å². The normalized spacial score (nSPS) is 14.6. The molecule has 0 aromatic heterocycles. The zero-order valence-electron chi connectivity index (χ0n) is 14.5. The third-order valence-corrected chi connectivity index (χ3v) is 5.63. The molecule has 1 heterocycles. The molecule has 3 rings (SSSR count). The van der Waals surface area contributed by atoms with Crippen LogP contribution in [0.2, 0.25) is 5.02 Å². The van der Waals surface area contributed by atoms with Crippen LogP contribution in [0.15, 0.2) is 47.9 Å². The summed E-state index contributed by atoms with van der Waals surface area (Å²) in [6.45, 7) is 4.57. The van der Waals surface area contributed by atoms with Gasteiger partial charge in [0.1, 0.15) is 13.2 Å². The molecule has 0 aliphatic carbocycles. The maximum atomic E-state index is 12.5. The van der Waals surface area contributed by atoms with E-state index < -0.39 is 15.6 Å². The third-order valence-electron chi connectivity index (χ3n) is 3.99. The van der Waals surface area contributed by atoms with Gasteiger partial charge in [0, 0.05) is 10.4 Å². The largest absolute Gasteiger partial charge is 0.486 e. The van der Waals surface area contributed by atoms with Crippen molar-refractivity contribution in [1.29, 1.82) is 0 Å². The zero-order valence-corrected chi connectivity index (χ0v) is 16.1. The van der Waals surface area contributed by atoms with Crippen molar-refractivity contribution in [2.45, 2.75) is 19.4 Å². The fourth-order valence-electron chi connectivity index (χ4n) is 2.65. The fraction of sp³-hybridized carbons (Fsp3) is 0.263. The molecule has 0 saturated heterocycles. The van der Waals surface area contributed by atoms with E-state index in [4.69, 9.17) is 21.1 Å². The Bertz CT molecular complexity index is 938. The molecular weight excluding hydrogens is 374 g/mol. The lowest BCUT2D eigenvalue weighted by atomic mass is 9.95. The molecule has 0 atom stereocenters. The first kappa shape index (κ1) is 18.8. The second kappa shape index (κ2) is 7.31. The molecule has 1 aliphatic rings. The van der Waals surface area contributed by atoms with E-state index in [0.717, 1.165) is 11.0 Å². The minimum absolute atomic E-state index is 0.475. The van der Waals surface area contributed by atoms with Crippen LogP contribution >= 0.6 is 11.6 Å². The standard InChI is InChI=1S/C19H20ClNO4S/c1-19(2,15-7-8-17-18(13-15)25-11-10-24-17)21-26(22,23)12-9-14-5-3-4-6-16(14)20/h3-9,12-13,21H,10-11H2,1-2H3/b12-9+. The van der Waals surface area contributed by atoms with Crippen LogP contribution in [-0.4, -0.2) is 21.6 Å². The number of nitrogens with one attached hydrogen (secondary N) is 1. The Morgan fingerprint density at radius 3 is 2.50 bits per heavy atom. The lowest BCUT2D eigenvalue weighted by Crippen LogP contribution is -2.40. The van der Waals surface area contributed by atoms with Gasteiger partial charge in [-0.05, 0) is 49.2 Å². The highest BCUT2D eigenvalue weighted by atomic mass is 35.5. The molecule has 0 bridgehead atoms. The maximum absolute atomic E-state index is 12.5.